The fraction of sp³-hybridized carbons (Fsp3) is 0.350. The number of ketones is 1. The van der Waals surface area contributed by atoms with E-state index in [4.69, 9.17) is 11.6 Å². The van der Waals surface area contributed by atoms with Gasteiger partial charge in [-0.05, 0) is 37.1 Å². The van der Waals surface area contributed by atoms with Gasteiger partial charge in [0.1, 0.15) is 5.82 Å². The fourth-order valence-electron chi connectivity index (χ4n) is 3.15. The van der Waals surface area contributed by atoms with Crippen LogP contribution in [0.1, 0.15) is 45.7 Å². The number of hydrogen-bond donors (Lipinski definition) is 1. The van der Waals surface area contributed by atoms with Crippen LogP contribution in [-0.2, 0) is 4.79 Å². The number of nitrogens with one attached hydrogen (secondary N) is 1. The molecule has 0 aliphatic carbocycles. The summed E-state index contributed by atoms with van der Waals surface area (Å²) >= 11 is 7.02. The second kappa shape index (κ2) is 9.30. The predicted molar refractivity (Wildman–Crippen MR) is 106 cm³/mol. The van der Waals surface area contributed by atoms with Gasteiger partial charge in [-0.25, -0.2) is 4.39 Å². The van der Waals surface area contributed by atoms with E-state index in [-0.39, 0.29) is 42.0 Å². The fourth-order valence-corrected chi connectivity index (χ4v) is 4.16. The van der Waals surface area contributed by atoms with E-state index in [0.29, 0.717) is 35.1 Å². The predicted octanol–water partition coefficient (Wildman–Crippen LogP) is 3.92. The van der Waals surface area contributed by atoms with E-state index in [1.807, 2.05) is 0 Å². The molecule has 2 amide bonds. The Morgan fingerprint density at radius 2 is 1.82 bits per heavy atom. The Morgan fingerprint density at radius 1 is 1.11 bits per heavy atom. The molecule has 5 nitrogen and oxygen atoms in total. The molecule has 8 heteroatoms. The van der Waals surface area contributed by atoms with Crippen molar-refractivity contribution in [3.63, 3.8) is 0 Å². The first-order valence-electron chi connectivity index (χ1n) is 9.05. The summed E-state index contributed by atoms with van der Waals surface area (Å²) in [5.74, 6) is -1.14. The van der Waals surface area contributed by atoms with E-state index in [1.54, 1.807) is 29.2 Å². The Bertz CT molecular complexity index is 878. The van der Waals surface area contributed by atoms with Crippen LogP contribution in [0.3, 0.4) is 0 Å². The molecule has 3 rings (SSSR count). The van der Waals surface area contributed by atoms with Crippen molar-refractivity contribution in [2.45, 2.75) is 31.7 Å². The number of thiophene rings is 1. The van der Waals surface area contributed by atoms with E-state index in [2.05, 4.69) is 5.32 Å². The number of carbonyl (C=O) groups excluding carboxylic acids is 3. The lowest BCUT2D eigenvalue weighted by Gasteiger charge is -2.32. The average molecular weight is 423 g/mol. The molecule has 1 N–H and O–H groups in total. The number of piperidine rings is 1. The molecule has 0 bridgehead atoms. The Hall–Kier alpha value is -2.25. The van der Waals surface area contributed by atoms with E-state index in [1.165, 1.54) is 23.5 Å². The van der Waals surface area contributed by atoms with Crippen LogP contribution in [0.25, 0.3) is 0 Å². The summed E-state index contributed by atoms with van der Waals surface area (Å²) in [6, 6.07) is 9.20. The van der Waals surface area contributed by atoms with Gasteiger partial charge in [-0.15, -0.1) is 11.3 Å². The molecule has 28 heavy (non-hydrogen) atoms. The number of carbonyl (C=O) groups is 3. The van der Waals surface area contributed by atoms with Crippen LogP contribution < -0.4 is 5.32 Å². The Morgan fingerprint density at radius 3 is 2.46 bits per heavy atom. The maximum atomic E-state index is 13.8. The van der Waals surface area contributed by atoms with Gasteiger partial charge in [-0.1, -0.05) is 23.7 Å². The van der Waals surface area contributed by atoms with Gasteiger partial charge in [-0.2, -0.15) is 0 Å². The number of likely N-dealkylation sites (tertiary alicyclic amines) is 1. The topological polar surface area (TPSA) is 66.5 Å². The molecule has 2 aromatic rings. The number of benzene rings is 1. The van der Waals surface area contributed by atoms with Crippen LogP contribution in [-0.4, -0.2) is 41.6 Å². The molecule has 1 saturated heterocycles. The van der Waals surface area contributed by atoms with Crippen molar-refractivity contribution >= 4 is 40.5 Å². The first kappa shape index (κ1) is 20.5. The molecule has 0 radical (unpaired) electrons. The molecule has 1 aliphatic rings. The molecule has 0 atom stereocenters. The van der Waals surface area contributed by atoms with Gasteiger partial charge in [0.25, 0.3) is 5.91 Å². The normalized spacial score (nSPS) is 14.7. The summed E-state index contributed by atoms with van der Waals surface area (Å²) < 4.78 is 14.3. The zero-order valence-electron chi connectivity index (χ0n) is 15.1. The largest absolute Gasteiger partial charge is 0.353 e. The second-order valence-corrected chi connectivity index (χ2v) is 8.36. The lowest BCUT2D eigenvalue weighted by molar-refractivity contribution is -0.122. The lowest BCUT2D eigenvalue weighted by Crippen LogP contribution is -2.46. The van der Waals surface area contributed by atoms with Crippen LogP contribution in [0, 0.1) is 5.82 Å². The lowest BCUT2D eigenvalue weighted by atomic mass is 10.0. The van der Waals surface area contributed by atoms with Gasteiger partial charge in [0.15, 0.2) is 5.78 Å². The van der Waals surface area contributed by atoms with Gasteiger partial charge in [0.2, 0.25) is 5.91 Å². The van der Waals surface area contributed by atoms with Crippen LogP contribution in [0.15, 0.2) is 36.4 Å². The summed E-state index contributed by atoms with van der Waals surface area (Å²) in [6.45, 7) is 0.898. The average Bonchev–Trinajstić information content (AvgIpc) is 3.13. The molecular formula is C20H20ClFN2O3S. The highest BCUT2D eigenvalue weighted by Crippen LogP contribution is 2.23. The summed E-state index contributed by atoms with van der Waals surface area (Å²) in [4.78, 5) is 38.7. The van der Waals surface area contributed by atoms with E-state index >= 15 is 0 Å². The van der Waals surface area contributed by atoms with Crippen molar-refractivity contribution in [1.82, 2.24) is 10.2 Å². The Labute approximate surface area is 171 Å². The van der Waals surface area contributed by atoms with Crippen molar-refractivity contribution in [1.29, 1.82) is 0 Å². The van der Waals surface area contributed by atoms with Crippen LogP contribution >= 0.6 is 22.9 Å². The number of nitrogens with zero attached hydrogens (tertiary/aromatic N) is 1. The molecule has 1 fully saturated rings. The molecule has 1 aromatic carbocycles. The van der Waals surface area contributed by atoms with Crippen molar-refractivity contribution in [2.24, 2.45) is 0 Å². The second-order valence-electron chi connectivity index (χ2n) is 6.64. The number of halogens is 2. The molecule has 148 valence electrons. The molecule has 2 heterocycles. The maximum absolute atomic E-state index is 13.8. The summed E-state index contributed by atoms with van der Waals surface area (Å²) in [7, 11) is 0. The molecule has 1 aliphatic heterocycles. The highest BCUT2D eigenvalue weighted by atomic mass is 35.5. The molecule has 0 unspecified atom stereocenters. The maximum Gasteiger partial charge on any atom is 0.256 e. The summed E-state index contributed by atoms with van der Waals surface area (Å²) in [5, 5.41) is 2.92. The smallest absolute Gasteiger partial charge is 0.256 e. The van der Waals surface area contributed by atoms with Crippen LogP contribution in [0.5, 0.6) is 0 Å². The SMILES string of the molecule is O=C(CCC(=O)c1ccc(Cl)s1)NC1CCN(C(=O)c2ccccc2F)CC1. The minimum absolute atomic E-state index is 0.0524. The number of rotatable bonds is 6. The molecular weight excluding hydrogens is 403 g/mol. The van der Waals surface area contributed by atoms with Gasteiger partial charge in [0.05, 0.1) is 14.8 Å². The van der Waals surface area contributed by atoms with Crippen molar-refractivity contribution in [2.75, 3.05) is 13.1 Å². The highest BCUT2D eigenvalue weighted by molar-refractivity contribution is 7.18. The third kappa shape index (κ3) is 5.17. The summed E-state index contributed by atoms with van der Waals surface area (Å²) in [6.07, 6.45) is 1.44. The van der Waals surface area contributed by atoms with Gasteiger partial charge in [-0.3, -0.25) is 14.4 Å². The highest BCUT2D eigenvalue weighted by Gasteiger charge is 2.26. The monoisotopic (exact) mass is 422 g/mol. The van der Waals surface area contributed by atoms with Crippen molar-refractivity contribution < 1.29 is 18.8 Å². The third-order valence-electron chi connectivity index (χ3n) is 4.68. The Kier molecular flexibility index (Phi) is 6.80. The molecule has 0 spiro atoms. The first-order valence-corrected chi connectivity index (χ1v) is 10.2. The molecule has 1 aromatic heterocycles. The Balaban J connectivity index is 1.42. The third-order valence-corrected chi connectivity index (χ3v) is 5.95. The van der Waals surface area contributed by atoms with Crippen LogP contribution in [0.4, 0.5) is 4.39 Å². The van der Waals surface area contributed by atoms with Crippen molar-refractivity contribution in [3.05, 3.63) is 57.0 Å². The minimum atomic E-state index is -0.528. The van der Waals surface area contributed by atoms with Gasteiger partial charge in [0, 0.05) is 32.0 Å². The van der Waals surface area contributed by atoms with Gasteiger partial charge >= 0.3 is 0 Å². The molecule has 0 saturated carbocycles. The van der Waals surface area contributed by atoms with Gasteiger partial charge < -0.3 is 10.2 Å². The van der Waals surface area contributed by atoms with Crippen molar-refractivity contribution in [3.8, 4) is 0 Å². The zero-order chi connectivity index (χ0) is 20.1. The van der Waals surface area contributed by atoms with E-state index < -0.39 is 5.82 Å². The first-order chi connectivity index (χ1) is 13.4. The number of Topliss-reactive ketones (excluding diaryl/α,β-unsaturated/α-hetero) is 1. The number of amides is 2. The standard InChI is InChI=1S/C20H20ClFN2O3S/c21-18-7-6-17(28-18)16(25)5-8-19(26)23-13-9-11-24(12-10-13)20(27)14-3-1-2-4-15(14)22/h1-4,6-7,13H,5,8-12H2,(H,23,26). The van der Waals surface area contributed by atoms with Crippen LogP contribution in [0.2, 0.25) is 4.34 Å². The summed E-state index contributed by atoms with van der Waals surface area (Å²) in [5.41, 5.74) is 0.0668. The quantitative estimate of drug-likeness (QED) is 0.717. The number of hydrogen-bond acceptors (Lipinski definition) is 4. The zero-order valence-corrected chi connectivity index (χ0v) is 16.7. The minimum Gasteiger partial charge on any atom is -0.353 e. The van der Waals surface area contributed by atoms with E-state index in [0.717, 1.165) is 0 Å². The van der Waals surface area contributed by atoms with E-state index in [9.17, 15) is 18.8 Å².